The summed E-state index contributed by atoms with van der Waals surface area (Å²) >= 11 is 15.4. The van der Waals surface area contributed by atoms with Gasteiger partial charge in [-0.25, -0.2) is 4.79 Å². The lowest BCUT2D eigenvalue weighted by molar-refractivity contribution is -0.138. The van der Waals surface area contributed by atoms with Crippen molar-refractivity contribution in [2.75, 3.05) is 0 Å². The summed E-state index contributed by atoms with van der Waals surface area (Å²) in [6.45, 7) is 0.0437. The Morgan fingerprint density at radius 3 is 2.33 bits per heavy atom. The second-order valence-corrected chi connectivity index (χ2v) is 5.92. The third-order valence-electron chi connectivity index (χ3n) is 2.70. The highest BCUT2D eigenvalue weighted by Gasteiger charge is 2.07. The summed E-state index contributed by atoms with van der Waals surface area (Å²) in [6, 6.07) is 12.7. The molecule has 0 aromatic heterocycles. The van der Waals surface area contributed by atoms with Crippen molar-refractivity contribution >= 4 is 51.2 Å². The molecule has 0 bridgehead atoms. The molecule has 0 aliphatic heterocycles. The fraction of sp³-hybridized carbons (Fsp3) is 0.0625. The number of benzene rings is 2. The Balaban J connectivity index is 1.95. The number of rotatable bonds is 4. The van der Waals surface area contributed by atoms with Gasteiger partial charge in [-0.15, -0.1) is 0 Å². The number of hydrogen-bond donors (Lipinski definition) is 0. The van der Waals surface area contributed by atoms with Gasteiger partial charge in [0.25, 0.3) is 0 Å². The van der Waals surface area contributed by atoms with E-state index in [1.807, 2.05) is 24.3 Å². The molecule has 2 rings (SSSR count). The van der Waals surface area contributed by atoms with Gasteiger partial charge in [0.2, 0.25) is 0 Å². The van der Waals surface area contributed by atoms with E-state index >= 15 is 0 Å². The van der Waals surface area contributed by atoms with E-state index in [0.29, 0.717) is 15.6 Å². The van der Waals surface area contributed by atoms with Crippen molar-refractivity contribution in [3.8, 4) is 0 Å². The van der Waals surface area contributed by atoms with Crippen molar-refractivity contribution < 1.29 is 9.53 Å². The van der Waals surface area contributed by atoms with Gasteiger partial charge >= 0.3 is 5.97 Å². The van der Waals surface area contributed by atoms with Crippen molar-refractivity contribution in [3.63, 3.8) is 0 Å². The molecule has 0 radical (unpaired) electrons. The molecule has 21 heavy (non-hydrogen) atoms. The van der Waals surface area contributed by atoms with Crippen molar-refractivity contribution in [3.05, 3.63) is 74.2 Å². The van der Waals surface area contributed by atoms with Crippen LogP contribution in [0.25, 0.3) is 6.08 Å². The Morgan fingerprint density at radius 1 is 1.10 bits per heavy atom. The minimum atomic E-state index is -0.450. The highest BCUT2D eigenvalue weighted by molar-refractivity contribution is 9.10. The summed E-state index contributed by atoms with van der Waals surface area (Å²) in [5, 5.41) is 0.958. The van der Waals surface area contributed by atoms with Crippen LogP contribution >= 0.6 is 39.1 Å². The van der Waals surface area contributed by atoms with Crippen molar-refractivity contribution in [2.24, 2.45) is 0 Å². The number of esters is 1. The quantitative estimate of drug-likeness (QED) is 0.512. The van der Waals surface area contributed by atoms with Gasteiger partial charge in [-0.2, -0.15) is 0 Å². The predicted octanol–water partition coefficient (Wildman–Crippen LogP) is 5.51. The third kappa shape index (κ3) is 4.88. The largest absolute Gasteiger partial charge is 0.458 e. The number of hydrogen-bond acceptors (Lipinski definition) is 2. The van der Waals surface area contributed by atoms with E-state index in [1.165, 1.54) is 6.08 Å². The van der Waals surface area contributed by atoms with Crippen LogP contribution in [-0.2, 0) is 16.1 Å². The zero-order valence-corrected chi connectivity index (χ0v) is 14.0. The number of carbonyl (C=O) groups excluding carboxylic acids is 1. The van der Waals surface area contributed by atoms with Crippen molar-refractivity contribution in [2.45, 2.75) is 6.61 Å². The van der Waals surface area contributed by atoms with Crippen LogP contribution in [0, 0.1) is 0 Å². The standard InChI is InChI=1S/C16H11BrCl2O2/c17-12-7-4-11(5-8-12)6-9-16(20)21-10-13-14(18)2-1-3-15(13)19/h1-9H,10H2/b9-6+. The monoisotopic (exact) mass is 384 g/mol. The summed E-state index contributed by atoms with van der Waals surface area (Å²) < 4.78 is 6.11. The third-order valence-corrected chi connectivity index (χ3v) is 3.94. The Labute approximate surface area is 141 Å². The molecule has 0 fully saturated rings. The molecule has 0 aliphatic rings. The van der Waals surface area contributed by atoms with E-state index in [-0.39, 0.29) is 6.61 Å². The predicted molar refractivity (Wildman–Crippen MR) is 89.4 cm³/mol. The van der Waals surface area contributed by atoms with Crippen LogP contribution in [-0.4, -0.2) is 5.97 Å². The molecule has 2 aromatic carbocycles. The van der Waals surface area contributed by atoms with Gasteiger partial charge in [-0.1, -0.05) is 57.3 Å². The molecule has 5 heteroatoms. The second-order valence-electron chi connectivity index (χ2n) is 4.19. The van der Waals surface area contributed by atoms with Crippen LogP contribution in [0.3, 0.4) is 0 Å². The van der Waals surface area contributed by atoms with Gasteiger partial charge in [0.15, 0.2) is 0 Å². The van der Waals surface area contributed by atoms with Gasteiger partial charge in [-0.3, -0.25) is 0 Å². The van der Waals surface area contributed by atoms with E-state index in [9.17, 15) is 4.79 Å². The minimum absolute atomic E-state index is 0.0437. The SMILES string of the molecule is O=C(/C=C/c1ccc(Br)cc1)OCc1c(Cl)cccc1Cl. The van der Waals surface area contributed by atoms with Gasteiger partial charge in [0, 0.05) is 26.2 Å². The van der Waals surface area contributed by atoms with E-state index < -0.39 is 5.97 Å². The first-order valence-corrected chi connectivity index (χ1v) is 7.64. The Kier molecular flexibility index (Phi) is 5.85. The zero-order chi connectivity index (χ0) is 15.2. The molecule has 0 saturated heterocycles. The van der Waals surface area contributed by atoms with Crippen molar-refractivity contribution in [1.82, 2.24) is 0 Å². The molecule has 0 saturated carbocycles. The zero-order valence-electron chi connectivity index (χ0n) is 10.9. The molecule has 2 nitrogen and oxygen atoms in total. The normalized spacial score (nSPS) is 10.8. The maximum atomic E-state index is 11.7. The average molecular weight is 386 g/mol. The summed E-state index contributed by atoms with van der Waals surface area (Å²) in [4.78, 5) is 11.7. The van der Waals surface area contributed by atoms with Crippen LogP contribution < -0.4 is 0 Å². The van der Waals surface area contributed by atoms with Crippen LogP contribution in [0.5, 0.6) is 0 Å². The molecule has 0 spiro atoms. The number of carbonyl (C=O) groups is 1. The van der Waals surface area contributed by atoms with E-state index in [0.717, 1.165) is 10.0 Å². The summed E-state index contributed by atoms with van der Waals surface area (Å²) in [6.07, 6.45) is 3.05. The highest BCUT2D eigenvalue weighted by atomic mass is 79.9. The topological polar surface area (TPSA) is 26.3 Å². The van der Waals surface area contributed by atoms with E-state index in [2.05, 4.69) is 15.9 Å². The summed E-state index contributed by atoms with van der Waals surface area (Å²) in [7, 11) is 0. The minimum Gasteiger partial charge on any atom is -0.458 e. The molecule has 0 N–H and O–H groups in total. The molecule has 0 amide bonds. The Morgan fingerprint density at radius 2 is 1.71 bits per heavy atom. The lowest BCUT2D eigenvalue weighted by Crippen LogP contribution is -2.01. The molecule has 0 aliphatic carbocycles. The highest BCUT2D eigenvalue weighted by Crippen LogP contribution is 2.24. The summed E-state index contributed by atoms with van der Waals surface area (Å²) in [5.74, 6) is -0.450. The molecule has 0 atom stereocenters. The van der Waals surface area contributed by atoms with Gasteiger partial charge in [0.1, 0.15) is 6.61 Å². The van der Waals surface area contributed by atoms with Crippen LogP contribution in [0.15, 0.2) is 53.0 Å². The second kappa shape index (κ2) is 7.64. The maximum absolute atomic E-state index is 11.7. The fourth-order valence-electron chi connectivity index (χ4n) is 1.60. The van der Waals surface area contributed by atoms with Crippen LogP contribution in [0.2, 0.25) is 10.0 Å². The van der Waals surface area contributed by atoms with Gasteiger partial charge in [-0.05, 0) is 35.9 Å². The maximum Gasteiger partial charge on any atom is 0.331 e. The lowest BCUT2D eigenvalue weighted by atomic mass is 10.2. The first kappa shape index (κ1) is 16.1. The number of ether oxygens (including phenoxy) is 1. The first-order chi connectivity index (χ1) is 10.1. The van der Waals surface area contributed by atoms with Crippen molar-refractivity contribution in [1.29, 1.82) is 0 Å². The first-order valence-electron chi connectivity index (χ1n) is 6.09. The molecule has 0 unspecified atom stereocenters. The van der Waals surface area contributed by atoms with E-state index in [1.54, 1.807) is 24.3 Å². The molecule has 108 valence electrons. The Hall–Kier alpha value is -1.29. The average Bonchev–Trinajstić information content (AvgIpc) is 2.46. The summed E-state index contributed by atoms with van der Waals surface area (Å²) in [5.41, 5.74) is 1.51. The Bertz CT molecular complexity index is 646. The number of halogens is 3. The molecule has 0 heterocycles. The molecule has 2 aromatic rings. The van der Waals surface area contributed by atoms with Crippen LogP contribution in [0.4, 0.5) is 0 Å². The lowest BCUT2D eigenvalue weighted by Gasteiger charge is -2.06. The van der Waals surface area contributed by atoms with Gasteiger partial charge in [0.05, 0.1) is 0 Å². The smallest absolute Gasteiger partial charge is 0.331 e. The molecular formula is C16H11BrCl2O2. The molecular weight excluding hydrogens is 375 g/mol. The van der Waals surface area contributed by atoms with Gasteiger partial charge < -0.3 is 4.74 Å². The van der Waals surface area contributed by atoms with E-state index in [4.69, 9.17) is 27.9 Å². The fourth-order valence-corrected chi connectivity index (χ4v) is 2.37. The van der Waals surface area contributed by atoms with Crippen LogP contribution in [0.1, 0.15) is 11.1 Å².